The zero-order chi connectivity index (χ0) is 29.4. The average molecular weight is 615 g/mol. The van der Waals surface area contributed by atoms with E-state index in [4.69, 9.17) is 32.4 Å². The van der Waals surface area contributed by atoms with Crippen molar-refractivity contribution in [2.75, 3.05) is 25.0 Å². The summed E-state index contributed by atoms with van der Waals surface area (Å²) in [5.74, 6) is 0.314. The van der Waals surface area contributed by atoms with Crippen molar-refractivity contribution in [1.82, 2.24) is 29.6 Å². The Morgan fingerprint density at radius 1 is 1.10 bits per heavy atom. The van der Waals surface area contributed by atoms with Crippen molar-refractivity contribution in [3.63, 3.8) is 0 Å². The van der Waals surface area contributed by atoms with Crippen molar-refractivity contribution in [2.24, 2.45) is 0 Å². The van der Waals surface area contributed by atoms with E-state index in [1.807, 2.05) is 0 Å². The highest BCUT2D eigenvalue weighted by atomic mass is 35.5. The number of carbonyl (C=O) groups excluding carboxylic acids is 1. The number of anilines is 1. The molecule has 13 heteroatoms. The second-order valence-electron chi connectivity index (χ2n) is 11.6. The van der Waals surface area contributed by atoms with Crippen molar-refractivity contribution < 1.29 is 14.0 Å². The monoisotopic (exact) mass is 613 g/mol. The van der Waals surface area contributed by atoms with Gasteiger partial charge >= 0.3 is 0 Å². The number of nitrogens with zero attached hydrogens (tertiary/aromatic N) is 6. The van der Waals surface area contributed by atoms with Crippen molar-refractivity contribution >= 4 is 54.3 Å². The molecule has 0 spiro atoms. The molecule has 1 atom stereocenters. The Morgan fingerprint density at radius 3 is 2.49 bits per heavy atom. The second kappa shape index (κ2) is 11.7. The van der Waals surface area contributed by atoms with Gasteiger partial charge in [0, 0.05) is 25.8 Å². The van der Waals surface area contributed by atoms with Crippen LogP contribution in [0.25, 0.3) is 16.7 Å². The number of halogens is 2. The number of ether oxygens (including phenoxy) is 1. The smallest absolute Gasteiger partial charge is 0.268 e. The Labute approximate surface area is 250 Å². The number of benzene rings is 1. The van der Waals surface area contributed by atoms with Crippen LogP contribution in [-0.2, 0) is 9.22 Å². The van der Waals surface area contributed by atoms with Crippen LogP contribution in [-0.4, -0.2) is 75.7 Å². The number of pyridine rings is 1. The Bertz CT molecular complexity index is 1520. The molecule has 0 saturated carbocycles. The normalized spacial score (nSPS) is 15.5. The molecule has 1 unspecified atom stereocenters. The highest BCUT2D eigenvalue weighted by Gasteiger charge is 2.42. The van der Waals surface area contributed by atoms with Gasteiger partial charge in [0.1, 0.15) is 23.2 Å². The molecular weight excluding hydrogens is 581 g/mol. The molecule has 0 aliphatic carbocycles. The summed E-state index contributed by atoms with van der Waals surface area (Å²) < 4.78 is 14.4. The molecule has 1 aliphatic rings. The number of fused-ring (bicyclic) bond motifs is 1. The lowest BCUT2D eigenvalue weighted by atomic mass is 10.1. The summed E-state index contributed by atoms with van der Waals surface area (Å²) in [5, 5.41) is 8.78. The first kappa shape index (κ1) is 29.4. The van der Waals surface area contributed by atoms with E-state index in [1.165, 1.54) is 11.0 Å². The van der Waals surface area contributed by atoms with Crippen molar-refractivity contribution in [2.45, 2.75) is 51.1 Å². The number of para-hydroxylation sites is 1. The number of amides is 1. The number of likely N-dealkylation sites (tertiary alicyclic amines) is 1. The molecule has 0 radical (unpaired) electrons. The zero-order valence-corrected chi connectivity index (χ0v) is 26.1. The number of rotatable bonds is 9. The quantitative estimate of drug-likeness (QED) is 0.243. The number of hydrogen-bond acceptors (Lipinski definition) is 8. The Kier molecular flexibility index (Phi) is 8.35. The van der Waals surface area contributed by atoms with Gasteiger partial charge in [-0.2, -0.15) is 5.10 Å². The van der Waals surface area contributed by atoms with E-state index in [-0.39, 0.29) is 22.9 Å². The van der Waals surface area contributed by atoms with Crippen LogP contribution in [0, 0.1) is 0 Å². The van der Waals surface area contributed by atoms with E-state index < -0.39 is 14.4 Å². The van der Waals surface area contributed by atoms with Crippen LogP contribution in [0.15, 0.2) is 55.1 Å². The Hall–Kier alpha value is -3.09. The third-order valence-electron chi connectivity index (χ3n) is 7.56. The van der Waals surface area contributed by atoms with E-state index in [0.29, 0.717) is 52.2 Å². The number of carbonyl (C=O) groups is 1. The molecule has 41 heavy (non-hydrogen) atoms. The number of hydrogen-bond donors (Lipinski definition) is 1. The van der Waals surface area contributed by atoms with Gasteiger partial charge in [-0.25, -0.2) is 19.6 Å². The first-order valence-corrected chi connectivity index (χ1v) is 17.0. The third-order valence-corrected chi connectivity index (χ3v) is 12.7. The predicted molar refractivity (Wildman–Crippen MR) is 162 cm³/mol. The standard InChI is InChI=1S/C28H33Cl2N7O3Si/c1-28(2,3)41(4,5)40-18-14-36(15-18)16-22(26(38)35-23-11-6-7-12-31-23)39-27-19-13-34-37(25(19)32-17-33-27)24-20(29)9-8-10-21(24)30/h6-13,17-18,22H,14-16H2,1-5H3,(H,31,35,38). The summed E-state index contributed by atoms with van der Waals surface area (Å²) in [5.41, 5.74) is 0.939. The van der Waals surface area contributed by atoms with Crippen LogP contribution in [0.5, 0.6) is 5.88 Å². The largest absolute Gasteiger partial charge is 0.462 e. The van der Waals surface area contributed by atoms with E-state index in [0.717, 1.165) is 0 Å². The molecular formula is C28H33Cl2N7O3Si. The van der Waals surface area contributed by atoms with E-state index in [9.17, 15) is 4.79 Å². The number of aromatic nitrogens is 5. The van der Waals surface area contributed by atoms with Crippen LogP contribution >= 0.6 is 23.2 Å². The SMILES string of the molecule is CC(C)(C)[Si](C)(C)OC1CN(CC(Oc2ncnc3c2cnn3-c2c(Cl)cccc2Cl)C(=O)Nc2ccccn2)C1. The van der Waals surface area contributed by atoms with Gasteiger partial charge in [-0.05, 0) is 42.4 Å². The molecule has 0 bridgehead atoms. The fourth-order valence-corrected chi connectivity index (χ4v) is 6.19. The van der Waals surface area contributed by atoms with E-state index in [2.05, 4.69) is 64.1 Å². The molecule has 1 saturated heterocycles. The van der Waals surface area contributed by atoms with Gasteiger partial charge in [-0.1, -0.05) is 56.1 Å². The lowest BCUT2D eigenvalue weighted by molar-refractivity contribution is -0.125. The van der Waals surface area contributed by atoms with E-state index >= 15 is 0 Å². The minimum absolute atomic E-state index is 0.124. The summed E-state index contributed by atoms with van der Waals surface area (Å²) in [6.07, 6.45) is 3.79. The molecule has 1 aliphatic heterocycles. The molecule has 10 nitrogen and oxygen atoms in total. The van der Waals surface area contributed by atoms with Crippen LogP contribution < -0.4 is 10.1 Å². The molecule has 5 rings (SSSR count). The minimum Gasteiger partial charge on any atom is -0.462 e. The maximum atomic E-state index is 13.5. The average Bonchev–Trinajstić information content (AvgIpc) is 3.31. The van der Waals surface area contributed by atoms with Gasteiger partial charge in [0.05, 0.1) is 22.3 Å². The summed E-state index contributed by atoms with van der Waals surface area (Å²) in [6.45, 7) is 12.9. The summed E-state index contributed by atoms with van der Waals surface area (Å²) >= 11 is 12.9. The lowest BCUT2D eigenvalue weighted by Gasteiger charge is -2.46. The first-order chi connectivity index (χ1) is 19.4. The van der Waals surface area contributed by atoms with Gasteiger partial charge in [0.25, 0.3) is 5.91 Å². The highest BCUT2D eigenvalue weighted by Crippen LogP contribution is 2.38. The minimum atomic E-state index is -1.90. The summed E-state index contributed by atoms with van der Waals surface area (Å²) in [6, 6.07) is 10.5. The van der Waals surface area contributed by atoms with Gasteiger partial charge in [0.15, 0.2) is 20.1 Å². The van der Waals surface area contributed by atoms with Crippen molar-refractivity contribution in [1.29, 1.82) is 0 Å². The molecule has 216 valence electrons. The van der Waals surface area contributed by atoms with Crippen LogP contribution in [0.1, 0.15) is 20.8 Å². The van der Waals surface area contributed by atoms with Gasteiger partial charge in [-0.15, -0.1) is 0 Å². The molecule has 1 amide bonds. The fourth-order valence-electron chi connectivity index (χ4n) is 4.30. The van der Waals surface area contributed by atoms with Crippen molar-refractivity contribution in [3.8, 4) is 11.6 Å². The molecule has 4 aromatic rings. The van der Waals surface area contributed by atoms with Crippen LogP contribution in [0.4, 0.5) is 5.82 Å². The van der Waals surface area contributed by atoms with Crippen LogP contribution in [0.3, 0.4) is 0 Å². The summed E-state index contributed by atoms with van der Waals surface area (Å²) in [7, 11) is -1.90. The Balaban J connectivity index is 1.37. The molecule has 1 N–H and O–H groups in total. The second-order valence-corrected chi connectivity index (χ2v) is 17.1. The Morgan fingerprint density at radius 2 is 1.83 bits per heavy atom. The first-order valence-electron chi connectivity index (χ1n) is 13.3. The zero-order valence-electron chi connectivity index (χ0n) is 23.6. The molecule has 4 heterocycles. The molecule has 1 fully saturated rings. The third kappa shape index (κ3) is 6.39. The maximum absolute atomic E-state index is 13.5. The fraction of sp³-hybridized carbons (Fsp3) is 0.393. The highest BCUT2D eigenvalue weighted by molar-refractivity contribution is 6.74. The predicted octanol–water partition coefficient (Wildman–Crippen LogP) is 5.61. The number of nitrogens with one attached hydrogen (secondary N) is 1. The maximum Gasteiger partial charge on any atom is 0.268 e. The van der Waals surface area contributed by atoms with Crippen LogP contribution in [0.2, 0.25) is 28.2 Å². The van der Waals surface area contributed by atoms with Gasteiger partial charge in [-0.3, -0.25) is 9.69 Å². The molecule has 1 aromatic carbocycles. The summed E-state index contributed by atoms with van der Waals surface area (Å²) in [4.78, 5) is 28.6. The van der Waals surface area contributed by atoms with E-state index in [1.54, 1.807) is 48.8 Å². The van der Waals surface area contributed by atoms with Crippen molar-refractivity contribution in [3.05, 3.63) is 65.2 Å². The topological polar surface area (TPSA) is 107 Å². The molecule has 3 aromatic heterocycles. The lowest BCUT2D eigenvalue weighted by Crippen LogP contribution is -2.60. The van der Waals surface area contributed by atoms with Gasteiger partial charge in [0.2, 0.25) is 5.88 Å². The van der Waals surface area contributed by atoms with Gasteiger partial charge < -0.3 is 14.5 Å².